The molecule has 0 radical (unpaired) electrons. The largest absolute Gasteiger partial charge is 0.361 e. The van der Waals surface area contributed by atoms with Gasteiger partial charge in [-0.2, -0.15) is 0 Å². The lowest BCUT2D eigenvalue weighted by atomic mass is 10.3. The van der Waals surface area contributed by atoms with E-state index in [0.29, 0.717) is 0 Å². The van der Waals surface area contributed by atoms with Crippen molar-refractivity contribution in [2.75, 3.05) is 10.6 Å². The molecule has 2 aromatic carbocycles. The van der Waals surface area contributed by atoms with E-state index in [0.717, 1.165) is 11.4 Å². The van der Waals surface area contributed by atoms with Crippen LogP contribution in [0, 0.1) is 0 Å². The SMILES string of the molecule is Cl.O=C(/C=C\Nc1ccccc1)Nc1ccccc1. The van der Waals surface area contributed by atoms with E-state index in [4.69, 9.17) is 0 Å². The topological polar surface area (TPSA) is 41.1 Å². The minimum Gasteiger partial charge on any atom is -0.361 e. The number of carbonyl (C=O) groups is 1. The highest BCUT2D eigenvalue weighted by molar-refractivity contribution is 5.99. The Kier molecular flexibility index (Phi) is 6.19. The van der Waals surface area contributed by atoms with Crippen molar-refractivity contribution in [1.82, 2.24) is 0 Å². The van der Waals surface area contributed by atoms with E-state index in [-0.39, 0.29) is 18.3 Å². The first-order chi connectivity index (χ1) is 8.84. The predicted octanol–water partition coefficient (Wildman–Crippen LogP) is 3.67. The molecule has 0 aliphatic carbocycles. The van der Waals surface area contributed by atoms with Gasteiger partial charge in [0.2, 0.25) is 5.91 Å². The van der Waals surface area contributed by atoms with Crippen molar-refractivity contribution in [3.63, 3.8) is 0 Å². The van der Waals surface area contributed by atoms with Crippen LogP contribution in [-0.2, 0) is 4.79 Å². The summed E-state index contributed by atoms with van der Waals surface area (Å²) in [6, 6.07) is 19.0. The van der Waals surface area contributed by atoms with Crippen LogP contribution >= 0.6 is 12.4 Å². The number of hydrogen-bond donors (Lipinski definition) is 2. The molecule has 2 aromatic rings. The van der Waals surface area contributed by atoms with Gasteiger partial charge in [-0.25, -0.2) is 0 Å². The summed E-state index contributed by atoms with van der Waals surface area (Å²) in [5, 5.41) is 5.78. The van der Waals surface area contributed by atoms with Gasteiger partial charge in [-0.1, -0.05) is 36.4 Å². The summed E-state index contributed by atoms with van der Waals surface area (Å²) >= 11 is 0. The van der Waals surface area contributed by atoms with E-state index >= 15 is 0 Å². The molecule has 19 heavy (non-hydrogen) atoms. The monoisotopic (exact) mass is 274 g/mol. The Morgan fingerprint density at radius 3 is 1.95 bits per heavy atom. The van der Waals surface area contributed by atoms with Crippen LogP contribution < -0.4 is 10.6 Å². The van der Waals surface area contributed by atoms with Gasteiger partial charge in [0.15, 0.2) is 0 Å². The summed E-state index contributed by atoms with van der Waals surface area (Å²) in [6.07, 6.45) is 3.08. The molecule has 0 spiro atoms. The smallest absolute Gasteiger partial charge is 0.249 e. The Morgan fingerprint density at radius 2 is 1.37 bits per heavy atom. The summed E-state index contributed by atoms with van der Waals surface area (Å²) < 4.78 is 0. The molecule has 0 unspecified atom stereocenters. The number of para-hydroxylation sites is 2. The van der Waals surface area contributed by atoms with Gasteiger partial charge in [0, 0.05) is 23.7 Å². The molecule has 2 rings (SSSR count). The summed E-state index contributed by atoms with van der Waals surface area (Å²) in [5.41, 5.74) is 1.73. The van der Waals surface area contributed by atoms with Crippen molar-refractivity contribution in [3.8, 4) is 0 Å². The van der Waals surface area contributed by atoms with Gasteiger partial charge in [-0.05, 0) is 24.3 Å². The van der Waals surface area contributed by atoms with Crippen LogP contribution in [0.1, 0.15) is 0 Å². The lowest BCUT2D eigenvalue weighted by Gasteiger charge is -2.01. The lowest BCUT2D eigenvalue weighted by Crippen LogP contribution is -2.08. The molecule has 0 aliphatic rings. The maximum Gasteiger partial charge on any atom is 0.249 e. The van der Waals surface area contributed by atoms with Crippen molar-refractivity contribution in [2.24, 2.45) is 0 Å². The minimum absolute atomic E-state index is 0. The van der Waals surface area contributed by atoms with Crippen LogP contribution in [0.4, 0.5) is 11.4 Å². The third kappa shape index (κ3) is 5.27. The molecule has 3 nitrogen and oxygen atoms in total. The second-order valence-corrected chi connectivity index (χ2v) is 3.70. The number of amides is 1. The third-order valence-corrected chi connectivity index (χ3v) is 2.30. The van der Waals surface area contributed by atoms with Crippen LogP contribution in [-0.4, -0.2) is 5.91 Å². The summed E-state index contributed by atoms with van der Waals surface area (Å²) in [4.78, 5) is 11.6. The van der Waals surface area contributed by atoms with E-state index < -0.39 is 0 Å². The summed E-state index contributed by atoms with van der Waals surface area (Å²) in [7, 11) is 0. The standard InChI is InChI=1S/C15H14N2O.ClH/c18-15(17-14-9-5-2-6-10-14)11-12-16-13-7-3-1-4-8-13;/h1-12,16H,(H,17,18);1H/b12-11-;. The van der Waals surface area contributed by atoms with Crippen molar-refractivity contribution >= 4 is 29.7 Å². The maximum absolute atomic E-state index is 11.6. The van der Waals surface area contributed by atoms with E-state index in [1.54, 1.807) is 6.20 Å². The molecule has 4 heteroatoms. The fourth-order valence-electron chi connectivity index (χ4n) is 1.45. The van der Waals surface area contributed by atoms with Crippen LogP contribution in [0.5, 0.6) is 0 Å². The molecule has 0 heterocycles. The maximum atomic E-state index is 11.6. The Bertz CT molecular complexity index is 526. The molecular formula is C15H15ClN2O. The van der Waals surface area contributed by atoms with Crippen molar-refractivity contribution in [3.05, 3.63) is 72.9 Å². The number of halogens is 1. The Balaban J connectivity index is 0.00000180. The zero-order valence-electron chi connectivity index (χ0n) is 10.2. The number of anilines is 2. The molecule has 2 N–H and O–H groups in total. The van der Waals surface area contributed by atoms with Gasteiger partial charge < -0.3 is 10.6 Å². The van der Waals surface area contributed by atoms with Gasteiger partial charge >= 0.3 is 0 Å². The quantitative estimate of drug-likeness (QED) is 0.835. The molecule has 0 fully saturated rings. The third-order valence-electron chi connectivity index (χ3n) is 2.30. The number of nitrogens with one attached hydrogen (secondary N) is 2. The molecular weight excluding hydrogens is 260 g/mol. The van der Waals surface area contributed by atoms with Crippen LogP contribution in [0.15, 0.2) is 72.9 Å². The Hall–Kier alpha value is -2.26. The van der Waals surface area contributed by atoms with Gasteiger partial charge in [0.25, 0.3) is 0 Å². The molecule has 0 saturated carbocycles. The normalized spacial score (nSPS) is 9.68. The number of benzene rings is 2. The average Bonchev–Trinajstić information content (AvgIpc) is 2.41. The molecule has 0 atom stereocenters. The zero-order valence-corrected chi connectivity index (χ0v) is 11.1. The van der Waals surface area contributed by atoms with Crippen LogP contribution in [0.25, 0.3) is 0 Å². The lowest BCUT2D eigenvalue weighted by molar-refractivity contribution is -0.111. The van der Waals surface area contributed by atoms with Crippen molar-refractivity contribution < 1.29 is 4.79 Å². The molecule has 0 bridgehead atoms. The van der Waals surface area contributed by atoms with Crippen molar-refractivity contribution in [2.45, 2.75) is 0 Å². The first-order valence-corrected chi connectivity index (χ1v) is 5.69. The Morgan fingerprint density at radius 1 is 0.842 bits per heavy atom. The van der Waals surface area contributed by atoms with Gasteiger partial charge in [-0.3, -0.25) is 4.79 Å². The summed E-state index contributed by atoms with van der Waals surface area (Å²) in [6.45, 7) is 0. The van der Waals surface area contributed by atoms with E-state index in [1.807, 2.05) is 60.7 Å². The van der Waals surface area contributed by atoms with E-state index in [1.165, 1.54) is 6.08 Å². The average molecular weight is 275 g/mol. The second kappa shape index (κ2) is 7.95. The molecule has 0 saturated heterocycles. The highest BCUT2D eigenvalue weighted by atomic mass is 35.5. The number of carbonyl (C=O) groups excluding carboxylic acids is 1. The summed E-state index contributed by atoms with van der Waals surface area (Å²) in [5.74, 6) is -0.162. The highest BCUT2D eigenvalue weighted by Gasteiger charge is 1.95. The Labute approximate surface area is 118 Å². The predicted molar refractivity (Wildman–Crippen MR) is 81.5 cm³/mol. The van der Waals surface area contributed by atoms with Crippen LogP contribution in [0.2, 0.25) is 0 Å². The molecule has 98 valence electrons. The fraction of sp³-hybridized carbons (Fsp3) is 0. The second-order valence-electron chi connectivity index (χ2n) is 3.70. The fourth-order valence-corrected chi connectivity index (χ4v) is 1.45. The van der Waals surface area contributed by atoms with E-state index in [2.05, 4.69) is 10.6 Å². The molecule has 1 amide bonds. The highest BCUT2D eigenvalue weighted by Crippen LogP contribution is 2.06. The minimum atomic E-state index is -0.162. The number of hydrogen-bond acceptors (Lipinski definition) is 2. The van der Waals surface area contributed by atoms with Gasteiger partial charge in [0.05, 0.1) is 0 Å². The van der Waals surface area contributed by atoms with Crippen LogP contribution in [0.3, 0.4) is 0 Å². The molecule has 0 aliphatic heterocycles. The van der Waals surface area contributed by atoms with Crippen molar-refractivity contribution in [1.29, 1.82) is 0 Å². The number of rotatable bonds is 4. The van der Waals surface area contributed by atoms with Gasteiger partial charge in [0.1, 0.15) is 0 Å². The first kappa shape index (κ1) is 14.8. The zero-order chi connectivity index (χ0) is 12.6. The van der Waals surface area contributed by atoms with E-state index in [9.17, 15) is 4.79 Å². The van der Waals surface area contributed by atoms with Gasteiger partial charge in [-0.15, -0.1) is 12.4 Å². The first-order valence-electron chi connectivity index (χ1n) is 5.69. The molecule has 0 aromatic heterocycles.